The van der Waals surface area contributed by atoms with Gasteiger partial charge in [0.15, 0.2) is 11.5 Å². The first-order valence-electron chi connectivity index (χ1n) is 10.4. The molecule has 2 aromatic carbocycles. The molecule has 168 valence electrons. The zero-order valence-corrected chi connectivity index (χ0v) is 17.7. The fourth-order valence-electron chi connectivity index (χ4n) is 3.69. The van der Waals surface area contributed by atoms with Gasteiger partial charge in [-0.1, -0.05) is 18.2 Å². The molecule has 4 rings (SSSR count). The summed E-state index contributed by atoms with van der Waals surface area (Å²) in [5.74, 6) is 0.696. The summed E-state index contributed by atoms with van der Waals surface area (Å²) >= 11 is 0. The molecule has 1 saturated heterocycles. The Morgan fingerprint density at radius 3 is 2.59 bits per heavy atom. The molecule has 0 aliphatic carbocycles. The lowest BCUT2D eigenvalue weighted by Crippen LogP contribution is -2.46. The van der Waals surface area contributed by atoms with Crippen molar-refractivity contribution in [2.45, 2.75) is 12.5 Å². The Hall–Kier alpha value is -3.75. The van der Waals surface area contributed by atoms with Crippen LogP contribution in [0.4, 0.5) is 5.69 Å². The highest BCUT2D eigenvalue weighted by Gasteiger charge is 2.35. The Morgan fingerprint density at radius 1 is 1.06 bits per heavy atom. The van der Waals surface area contributed by atoms with E-state index in [-0.39, 0.29) is 43.8 Å². The van der Waals surface area contributed by atoms with Crippen LogP contribution in [0.25, 0.3) is 0 Å². The van der Waals surface area contributed by atoms with Crippen LogP contribution in [-0.4, -0.2) is 57.2 Å². The lowest BCUT2D eigenvalue weighted by Gasteiger charge is -2.25. The summed E-state index contributed by atoms with van der Waals surface area (Å²) in [6.45, 7) is 0.918. The van der Waals surface area contributed by atoms with Gasteiger partial charge in [0.25, 0.3) is 5.91 Å². The Balaban J connectivity index is 1.21. The van der Waals surface area contributed by atoms with Crippen molar-refractivity contribution in [1.82, 2.24) is 10.6 Å². The van der Waals surface area contributed by atoms with E-state index in [9.17, 15) is 14.4 Å². The zero-order valence-electron chi connectivity index (χ0n) is 17.7. The highest BCUT2D eigenvalue weighted by molar-refractivity contribution is 6.00. The maximum absolute atomic E-state index is 12.5. The molecule has 2 heterocycles. The van der Waals surface area contributed by atoms with Crippen molar-refractivity contribution in [1.29, 1.82) is 0 Å². The van der Waals surface area contributed by atoms with Crippen LogP contribution in [0.5, 0.6) is 17.2 Å². The van der Waals surface area contributed by atoms with E-state index in [4.69, 9.17) is 14.2 Å². The molecule has 0 bridgehead atoms. The maximum atomic E-state index is 12.5. The average Bonchev–Trinajstić information content (AvgIpc) is 3.23. The highest BCUT2D eigenvalue weighted by Crippen LogP contribution is 2.31. The molecule has 9 nitrogen and oxygen atoms in total. The van der Waals surface area contributed by atoms with Gasteiger partial charge < -0.3 is 29.7 Å². The molecule has 2 aromatic rings. The average molecular weight is 439 g/mol. The van der Waals surface area contributed by atoms with E-state index in [0.717, 1.165) is 0 Å². The molecule has 2 aliphatic heterocycles. The number of nitrogens with one attached hydrogen (secondary N) is 2. The first-order chi connectivity index (χ1) is 15.5. The van der Waals surface area contributed by atoms with Gasteiger partial charge in [0, 0.05) is 37.8 Å². The molecule has 0 spiro atoms. The van der Waals surface area contributed by atoms with E-state index < -0.39 is 12.0 Å². The van der Waals surface area contributed by atoms with Crippen molar-refractivity contribution in [3.8, 4) is 17.2 Å². The summed E-state index contributed by atoms with van der Waals surface area (Å²) in [4.78, 5) is 38.8. The fourth-order valence-corrected chi connectivity index (χ4v) is 3.69. The van der Waals surface area contributed by atoms with Crippen molar-refractivity contribution >= 4 is 23.4 Å². The van der Waals surface area contributed by atoms with E-state index in [1.165, 1.54) is 0 Å². The minimum absolute atomic E-state index is 0.110. The lowest BCUT2D eigenvalue weighted by molar-refractivity contribution is -0.130. The largest absolute Gasteiger partial charge is 0.497 e. The summed E-state index contributed by atoms with van der Waals surface area (Å²) in [6, 6.07) is 14.3. The van der Waals surface area contributed by atoms with Gasteiger partial charge in [-0.25, -0.2) is 0 Å². The molecule has 0 radical (unpaired) electrons. The first-order valence-corrected chi connectivity index (χ1v) is 10.4. The molecule has 2 atom stereocenters. The third-order valence-electron chi connectivity index (χ3n) is 5.39. The van der Waals surface area contributed by atoms with Crippen LogP contribution in [0.15, 0.2) is 48.5 Å². The van der Waals surface area contributed by atoms with Crippen molar-refractivity contribution in [3.63, 3.8) is 0 Å². The van der Waals surface area contributed by atoms with Gasteiger partial charge in [-0.3, -0.25) is 14.4 Å². The first kappa shape index (κ1) is 21.5. The number of amides is 3. The van der Waals surface area contributed by atoms with E-state index >= 15 is 0 Å². The second kappa shape index (κ2) is 9.59. The third-order valence-corrected chi connectivity index (χ3v) is 5.39. The number of carbonyl (C=O) groups is 3. The highest BCUT2D eigenvalue weighted by atomic mass is 16.6. The van der Waals surface area contributed by atoms with Crippen molar-refractivity contribution in [3.05, 3.63) is 48.5 Å². The molecular weight excluding hydrogens is 414 g/mol. The molecule has 9 heteroatoms. The van der Waals surface area contributed by atoms with Crippen LogP contribution >= 0.6 is 0 Å². The Kier molecular flexibility index (Phi) is 6.44. The van der Waals surface area contributed by atoms with Gasteiger partial charge >= 0.3 is 0 Å². The summed E-state index contributed by atoms with van der Waals surface area (Å²) in [6.07, 6.45) is -0.605. The molecule has 1 fully saturated rings. The topological polar surface area (TPSA) is 106 Å². The number of hydrogen-bond donors (Lipinski definition) is 2. The standard InChI is InChI=1S/C23H25N3O6/c1-30-17-6-4-5-16(12-17)26-13-15(11-21(26)27)22(28)24-9-10-25-23(29)20-14-31-18-7-2-3-8-19(18)32-20/h2-8,12,15,20H,9-11,13-14H2,1H3,(H,24,28)(H,25,29)/t15-,20+/m0/s1. The van der Waals surface area contributed by atoms with Crippen LogP contribution in [0.2, 0.25) is 0 Å². The van der Waals surface area contributed by atoms with Crippen LogP contribution < -0.4 is 29.7 Å². The molecule has 2 N–H and O–H groups in total. The van der Waals surface area contributed by atoms with Gasteiger partial charge in [0.05, 0.1) is 13.0 Å². The van der Waals surface area contributed by atoms with Crippen LogP contribution in [0, 0.1) is 5.92 Å². The summed E-state index contributed by atoms with van der Waals surface area (Å²) in [7, 11) is 1.56. The number of benzene rings is 2. The number of rotatable bonds is 7. The number of hydrogen-bond acceptors (Lipinski definition) is 6. The van der Waals surface area contributed by atoms with Gasteiger partial charge in [-0.2, -0.15) is 0 Å². The Labute approximate surface area is 185 Å². The minimum atomic E-state index is -0.746. The van der Waals surface area contributed by atoms with E-state index in [2.05, 4.69) is 10.6 Å². The quantitative estimate of drug-likeness (QED) is 0.627. The van der Waals surface area contributed by atoms with Crippen molar-refractivity contribution < 1.29 is 28.6 Å². The van der Waals surface area contributed by atoms with E-state index in [1.54, 1.807) is 48.4 Å². The van der Waals surface area contributed by atoms with Crippen LogP contribution in [0.3, 0.4) is 0 Å². The lowest BCUT2D eigenvalue weighted by atomic mass is 10.1. The van der Waals surface area contributed by atoms with Crippen LogP contribution in [0.1, 0.15) is 6.42 Å². The monoisotopic (exact) mass is 439 g/mol. The smallest absolute Gasteiger partial charge is 0.264 e. The van der Waals surface area contributed by atoms with Gasteiger partial charge in [-0.15, -0.1) is 0 Å². The second-order valence-electron chi connectivity index (χ2n) is 7.55. The van der Waals surface area contributed by atoms with E-state index in [1.807, 2.05) is 12.1 Å². The van der Waals surface area contributed by atoms with Crippen LogP contribution in [-0.2, 0) is 14.4 Å². The fraction of sp³-hybridized carbons (Fsp3) is 0.348. The number of ether oxygens (including phenoxy) is 3. The number of nitrogens with zero attached hydrogens (tertiary/aromatic N) is 1. The Bertz CT molecular complexity index is 1010. The molecule has 2 aliphatic rings. The molecule has 0 aromatic heterocycles. The Morgan fingerprint density at radius 2 is 1.81 bits per heavy atom. The van der Waals surface area contributed by atoms with Gasteiger partial charge in [0.1, 0.15) is 12.4 Å². The third kappa shape index (κ3) is 4.77. The molecule has 0 saturated carbocycles. The number of para-hydroxylation sites is 2. The maximum Gasteiger partial charge on any atom is 0.264 e. The molecule has 0 unspecified atom stereocenters. The number of fused-ring (bicyclic) bond motifs is 1. The zero-order chi connectivity index (χ0) is 22.5. The number of carbonyl (C=O) groups excluding carboxylic acids is 3. The number of methoxy groups -OCH3 is 1. The number of anilines is 1. The molecule has 3 amide bonds. The van der Waals surface area contributed by atoms with Gasteiger partial charge in [-0.05, 0) is 24.3 Å². The normalized spacial score (nSPS) is 19.4. The SMILES string of the molecule is COc1cccc(N2C[C@@H](C(=O)NCCNC(=O)[C@H]3COc4ccccc4O3)CC2=O)c1. The molecular formula is C23H25N3O6. The summed E-state index contributed by atoms with van der Waals surface area (Å²) < 4.78 is 16.4. The summed E-state index contributed by atoms with van der Waals surface area (Å²) in [5, 5.41) is 5.52. The summed E-state index contributed by atoms with van der Waals surface area (Å²) in [5.41, 5.74) is 0.702. The second-order valence-corrected chi connectivity index (χ2v) is 7.55. The van der Waals surface area contributed by atoms with Crippen molar-refractivity contribution in [2.24, 2.45) is 5.92 Å². The predicted octanol–water partition coefficient (Wildman–Crippen LogP) is 1.12. The van der Waals surface area contributed by atoms with E-state index in [0.29, 0.717) is 29.5 Å². The van der Waals surface area contributed by atoms with Crippen molar-refractivity contribution in [2.75, 3.05) is 38.3 Å². The minimum Gasteiger partial charge on any atom is -0.497 e. The molecule has 32 heavy (non-hydrogen) atoms. The predicted molar refractivity (Wildman–Crippen MR) is 116 cm³/mol. The van der Waals surface area contributed by atoms with Gasteiger partial charge in [0.2, 0.25) is 17.9 Å².